The molecule has 0 spiro atoms. The van der Waals surface area contributed by atoms with Crippen LogP contribution in [0, 0.1) is 6.92 Å². The quantitative estimate of drug-likeness (QED) is 0.604. The first kappa shape index (κ1) is 17.2. The van der Waals surface area contributed by atoms with Gasteiger partial charge >= 0.3 is 5.97 Å². The number of nitrogens with two attached hydrogens (primary N) is 1. The summed E-state index contributed by atoms with van der Waals surface area (Å²) in [4.78, 5) is 19.9. The molecule has 0 saturated heterocycles. The third kappa shape index (κ3) is 3.89. The standard InChI is InChI=1S/C19H19N5O2/c1-12-3-7-14(8-4-12)23-17-16(20)18(22-11-21-17)24-15-9-5-13(6-10-15)19(25)26-2/h3-11H,20H2,1-2H3,(H2,21,22,23,24). The number of aromatic nitrogens is 2. The van der Waals surface area contributed by atoms with E-state index in [-0.39, 0.29) is 5.97 Å². The number of rotatable bonds is 5. The van der Waals surface area contributed by atoms with Crippen LogP contribution in [-0.4, -0.2) is 23.0 Å². The fraction of sp³-hybridized carbons (Fsp3) is 0.105. The Kier molecular flexibility index (Phi) is 4.98. The minimum Gasteiger partial charge on any atom is -0.465 e. The van der Waals surface area contributed by atoms with E-state index in [0.717, 1.165) is 11.4 Å². The highest BCUT2D eigenvalue weighted by Gasteiger charge is 2.10. The van der Waals surface area contributed by atoms with Crippen LogP contribution >= 0.6 is 0 Å². The number of nitrogen functional groups attached to an aromatic ring is 1. The van der Waals surface area contributed by atoms with E-state index in [1.807, 2.05) is 31.2 Å². The number of nitrogens with zero attached hydrogens (tertiary/aromatic N) is 2. The number of esters is 1. The second-order valence-corrected chi connectivity index (χ2v) is 5.67. The maximum Gasteiger partial charge on any atom is 0.337 e. The van der Waals surface area contributed by atoms with Crippen LogP contribution in [0.25, 0.3) is 0 Å². The Hall–Kier alpha value is -3.61. The summed E-state index contributed by atoms with van der Waals surface area (Å²) in [5.74, 6) is 0.598. The fourth-order valence-corrected chi connectivity index (χ4v) is 2.31. The SMILES string of the molecule is COC(=O)c1ccc(Nc2ncnc(Nc3ccc(C)cc3)c2N)cc1. The topological polar surface area (TPSA) is 102 Å². The Morgan fingerprint density at radius 1 is 0.923 bits per heavy atom. The molecule has 4 N–H and O–H groups in total. The molecule has 0 unspecified atom stereocenters. The van der Waals surface area contributed by atoms with Crippen LogP contribution in [0.4, 0.5) is 28.7 Å². The van der Waals surface area contributed by atoms with Crippen molar-refractivity contribution < 1.29 is 9.53 Å². The summed E-state index contributed by atoms with van der Waals surface area (Å²) < 4.78 is 4.68. The summed E-state index contributed by atoms with van der Waals surface area (Å²) in [6.07, 6.45) is 1.43. The van der Waals surface area contributed by atoms with Gasteiger partial charge in [-0.25, -0.2) is 14.8 Å². The first-order valence-electron chi connectivity index (χ1n) is 7.96. The van der Waals surface area contributed by atoms with E-state index in [1.54, 1.807) is 24.3 Å². The molecular weight excluding hydrogens is 330 g/mol. The first-order valence-corrected chi connectivity index (χ1v) is 7.96. The maximum absolute atomic E-state index is 11.5. The predicted molar refractivity (Wildman–Crippen MR) is 102 cm³/mol. The summed E-state index contributed by atoms with van der Waals surface area (Å²) in [7, 11) is 1.35. The number of methoxy groups -OCH3 is 1. The van der Waals surface area contributed by atoms with Gasteiger partial charge in [0.25, 0.3) is 0 Å². The molecule has 1 aromatic heterocycles. The number of carbonyl (C=O) groups excluding carboxylic acids is 1. The number of aryl methyl sites for hydroxylation is 1. The van der Waals surface area contributed by atoms with Crippen molar-refractivity contribution in [2.75, 3.05) is 23.5 Å². The minimum absolute atomic E-state index is 0.386. The van der Waals surface area contributed by atoms with Crippen molar-refractivity contribution in [3.63, 3.8) is 0 Å². The highest BCUT2D eigenvalue weighted by molar-refractivity contribution is 5.90. The van der Waals surface area contributed by atoms with E-state index in [9.17, 15) is 4.79 Å². The molecule has 0 bridgehead atoms. The predicted octanol–water partition coefficient (Wildman–Crippen LogP) is 3.64. The van der Waals surface area contributed by atoms with Crippen LogP contribution in [0.2, 0.25) is 0 Å². The lowest BCUT2D eigenvalue weighted by atomic mass is 10.2. The summed E-state index contributed by atoms with van der Waals surface area (Å²) in [5.41, 5.74) is 9.84. The molecule has 7 heteroatoms. The zero-order chi connectivity index (χ0) is 18.5. The van der Waals surface area contributed by atoms with Crippen molar-refractivity contribution in [3.05, 3.63) is 66.0 Å². The zero-order valence-corrected chi connectivity index (χ0v) is 14.5. The molecule has 26 heavy (non-hydrogen) atoms. The molecule has 3 rings (SSSR count). The Balaban J connectivity index is 1.78. The van der Waals surface area contributed by atoms with E-state index < -0.39 is 0 Å². The van der Waals surface area contributed by atoms with E-state index in [2.05, 4.69) is 25.3 Å². The third-order valence-corrected chi connectivity index (χ3v) is 3.77. The number of carbonyl (C=O) groups is 1. The van der Waals surface area contributed by atoms with Crippen molar-refractivity contribution in [2.45, 2.75) is 6.92 Å². The van der Waals surface area contributed by atoms with Crippen molar-refractivity contribution >= 4 is 34.7 Å². The molecule has 0 fully saturated rings. The molecular formula is C19H19N5O2. The summed E-state index contributed by atoms with van der Waals surface area (Å²) in [6, 6.07) is 14.7. The van der Waals surface area contributed by atoms with Gasteiger partial charge in [-0.15, -0.1) is 0 Å². The molecule has 0 aliphatic heterocycles. The lowest BCUT2D eigenvalue weighted by Crippen LogP contribution is -2.05. The Morgan fingerprint density at radius 3 is 1.92 bits per heavy atom. The average molecular weight is 349 g/mol. The van der Waals surface area contributed by atoms with Gasteiger partial charge in [-0.1, -0.05) is 17.7 Å². The second kappa shape index (κ2) is 7.52. The van der Waals surface area contributed by atoms with E-state index in [4.69, 9.17) is 5.73 Å². The fourth-order valence-electron chi connectivity index (χ4n) is 2.31. The van der Waals surface area contributed by atoms with Crippen molar-refractivity contribution in [3.8, 4) is 0 Å². The van der Waals surface area contributed by atoms with Gasteiger partial charge in [0, 0.05) is 11.4 Å². The molecule has 1 heterocycles. The number of anilines is 5. The minimum atomic E-state index is -0.386. The first-order chi connectivity index (χ1) is 12.6. The molecule has 0 amide bonds. The van der Waals surface area contributed by atoms with Crippen LogP contribution in [0.3, 0.4) is 0 Å². The molecule has 132 valence electrons. The second-order valence-electron chi connectivity index (χ2n) is 5.67. The highest BCUT2D eigenvalue weighted by atomic mass is 16.5. The van der Waals surface area contributed by atoms with E-state index >= 15 is 0 Å². The van der Waals surface area contributed by atoms with Crippen molar-refractivity contribution in [2.24, 2.45) is 0 Å². The monoisotopic (exact) mass is 349 g/mol. The van der Waals surface area contributed by atoms with Crippen LogP contribution in [0.1, 0.15) is 15.9 Å². The molecule has 0 radical (unpaired) electrons. The molecule has 7 nitrogen and oxygen atoms in total. The Bertz CT molecular complexity index is 908. The summed E-state index contributed by atoms with van der Waals surface area (Å²) >= 11 is 0. The molecule has 3 aromatic rings. The van der Waals surface area contributed by atoms with Crippen LogP contribution in [0.15, 0.2) is 54.9 Å². The Morgan fingerprint density at radius 2 is 1.42 bits per heavy atom. The van der Waals surface area contributed by atoms with Crippen LogP contribution < -0.4 is 16.4 Å². The number of nitrogens with one attached hydrogen (secondary N) is 2. The van der Waals surface area contributed by atoms with Gasteiger partial charge in [0.05, 0.1) is 12.7 Å². The van der Waals surface area contributed by atoms with E-state index in [0.29, 0.717) is 22.9 Å². The Labute approximate surface area is 151 Å². The number of ether oxygens (including phenoxy) is 1. The lowest BCUT2D eigenvalue weighted by Gasteiger charge is -2.13. The molecule has 0 atom stereocenters. The van der Waals surface area contributed by atoms with Gasteiger partial charge in [-0.3, -0.25) is 0 Å². The van der Waals surface area contributed by atoms with Crippen LogP contribution in [0.5, 0.6) is 0 Å². The van der Waals surface area contributed by atoms with Gasteiger partial charge in [0.15, 0.2) is 11.6 Å². The zero-order valence-electron chi connectivity index (χ0n) is 14.5. The van der Waals surface area contributed by atoms with Crippen LogP contribution in [-0.2, 0) is 4.74 Å². The smallest absolute Gasteiger partial charge is 0.337 e. The molecule has 2 aromatic carbocycles. The summed E-state index contributed by atoms with van der Waals surface area (Å²) in [5, 5.41) is 6.30. The van der Waals surface area contributed by atoms with Gasteiger partial charge in [0.1, 0.15) is 12.0 Å². The number of benzene rings is 2. The lowest BCUT2D eigenvalue weighted by molar-refractivity contribution is 0.0601. The number of hydrogen-bond acceptors (Lipinski definition) is 7. The highest BCUT2D eigenvalue weighted by Crippen LogP contribution is 2.28. The maximum atomic E-state index is 11.5. The normalized spacial score (nSPS) is 10.2. The summed E-state index contributed by atoms with van der Waals surface area (Å²) in [6.45, 7) is 2.02. The molecule has 0 aliphatic carbocycles. The molecule has 0 saturated carbocycles. The largest absolute Gasteiger partial charge is 0.465 e. The van der Waals surface area contributed by atoms with Gasteiger partial charge < -0.3 is 21.1 Å². The third-order valence-electron chi connectivity index (χ3n) is 3.77. The van der Waals surface area contributed by atoms with Gasteiger partial charge in [-0.05, 0) is 43.3 Å². The van der Waals surface area contributed by atoms with Gasteiger partial charge in [0.2, 0.25) is 0 Å². The van der Waals surface area contributed by atoms with Gasteiger partial charge in [-0.2, -0.15) is 0 Å². The van der Waals surface area contributed by atoms with Crippen molar-refractivity contribution in [1.82, 2.24) is 9.97 Å². The van der Waals surface area contributed by atoms with E-state index in [1.165, 1.54) is 19.0 Å². The average Bonchev–Trinajstić information content (AvgIpc) is 2.66. The van der Waals surface area contributed by atoms with Crippen molar-refractivity contribution in [1.29, 1.82) is 0 Å². The molecule has 0 aliphatic rings. The number of hydrogen-bond donors (Lipinski definition) is 3.